The van der Waals surface area contributed by atoms with Crippen LogP contribution >= 0.6 is 0 Å². The van der Waals surface area contributed by atoms with E-state index < -0.39 is 0 Å². The first-order chi connectivity index (χ1) is 16.3. The molecule has 4 aromatic rings. The van der Waals surface area contributed by atoms with Gasteiger partial charge in [-0.1, -0.05) is 107 Å². The van der Waals surface area contributed by atoms with Crippen molar-refractivity contribution < 1.29 is 0 Å². The van der Waals surface area contributed by atoms with Crippen LogP contribution in [0.5, 0.6) is 0 Å². The van der Waals surface area contributed by atoms with Crippen molar-refractivity contribution in [2.75, 3.05) is 0 Å². The van der Waals surface area contributed by atoms with E-state index in [-0.39, 0.29) is 10.8 Å². The van der Waals surface area contributed by atoms with Gasteiger partial charge in [0, 0.05) is 16.4 Å². The number of rotatable bonds is 3. The van der Waals surface area contributed by atoms with Gasteiger partial charge in [0.15, 0.2) is 0 Å². The number of amidine groups is 1. The molecule has 2 N–H and O–H groups in total. The molecule has 0 aromatic heterocycles. The van der Waals surface area contributed by atoms with Gasteiger partial charge >= 0.3 is 0 Å². The highest BCUT2D eigenvalue weighted by molar-refractivity contribution is 5.99. The fraction of sp³-hybridized carbons (Fsp3) is 0.219. The Balaban J connectivity index is 1.31. The summed E-state index contributed by atoms with van der Waals surface area (Å²) in [4.78, 5) is 4.80. The maximum absolute atomic E-state index is 6.52. The molecule has 0 spiro atoms. The summed E-state index contributed by atoms with van der Waals surface area (Å²) in [6, 6.07) is 30.7. The van der Waals surface area contributed by atoms with Crippen LogP contribution in [0.25, 0.3) is 22.3 Å². The minimum absolute atomic E-state index is 0.00221. The third-order valence-electron chi connectivity index (χ3n) is 7.96. The van der Waals surface area contributed by atoms with E-state index in [4.69, 9.17) is 10.7 Å². The van der Waals surface area contributed by atoms with Gasteiger partial charge in [0.1, 0.15) is 5.84 Å². The number of nitrogens with two attached hydrogens (primary N) is 1. The Morgan fingerprint density at radius 1 is 0.618 bits per heavy atom. The first kappa shape index (κ1) is 20.9. The molecule has 2 heteroatoms. The summed E-state index contributed by atoms with van der Waals surface area (Å²) in [7, 11) is 0. The fourth-order valence-corrected chi connectivity index (χ4v) is 5.98. The van der Waals surface area contributed by atoms with Crippen molar-refractivity contribution in [2.45, 2.75) is 45.1 Å². The van der Waals surface area contributed by atoms with Gasteiger partial charge in [-0.25, -0.2) is 0 Å². The zero-order chi connectivity index (χ0) is 23.7. The van der Waals surface area contributed by atoms with Crippen LogP contribution in [-0.4, -0.2) is 5.84 Å². The maximum Gasteiger partial charge on any atom is 0.125 e. The first-order valence-electron chi connectivity index (χ1n) is 12.1. The lowest BCUT2D eigenvalue weighted by Gasteiger charge is -2.22. The monoisotopic (exact) mass is 442 g/mol. The molecule has 168 valence electrons. The zero-order valence-corrected chi connectivity index (χ0v) is 20.3. The van der Waals surface area contributed by atoms with Gasteiger partial charge in [0.25, 0.3) is 0 Å². The van der Waals surface area contributed by atoms with Crippen LogP contribution in [-0.2, 0) is 17.4 Å². The fourth-order valence-electron chi connectivity index (χ4n) is 5.98. The van der Waals surface area contributed by atoms with Crippen molar-refractivity contribution in [3.05, 3.63) is 118 Å². The standard InChI is InChI=1S/C32H30N2/c1-31(2)26-11-7-5-9-22(26)24-15-13-20(17-28(24)31)19-34-30(33)21-14-16-25-23-10-6-8-12-27(23)32(3,4)29(25)18-21/h5-18H,19H2,1-4H3,(H2,33,34). The van der Waals surface area contributed by atoms with E-state index in [1.807, 2.05) is 0 Å². The van der Waals surface area contributed by atoms with Gasteiger partial charge in [-0.15, -0.1) is 0 Å². The Kier molecular flexibility index (Phi) is 4.41. The van der Waals surface area contributed by atoms with Crippen LogP contribution in [0.4, 0.5) is 0 Å². The molecular formula is C32H30N2. The molecule has 6 rings (SSSR count). The Hall–Kier alpha value is -3.65. The highest BCUT2D eigenvalue weighted by Crippen LogP contribution is 2.49. The van der Waals surface area contributed by atoms with E-state index in [9.17, 15) is 0 Å². The molecule has 2 aliphatic rings. The Bertz CT molecular complexity index is 1490. The molecule has 0 saturated heterocycles. The second kappa shape index (κ2) is 7.17. The highest BCUT2D eigenvalue weighted by Gasteiger charge is 2.36. The molecule has 0 saturated carbocycles. The van der Waals surface area contributed by atoms with Gasteiger partial charge < -0.3 is 5.73 Å². The van der Waals surface area contributed by atoms with Crippen LogP contribution in [0, 0.1) is 0 Å². The molecule has 0 amide bonds. The molecule has 0 fully saturated rings. The molecule has 34 heavy (non-hydrogen) atoms. The number of nitrogens with zero attached hydrogens (tertiary/aromatic N) is 1. The average molecular weight is 443 g/mol. The van der Waals surface area contributed by atoms with Crippen LogP contribution in [0.15, 0.2) is 89.9 Å². The molecule has 0 radical (unpaired) electrons. The minimum Gasteiger partial charge on any atom is -0.383 e. The number of hydrogen-bond donors (Lipinski definition) is 1. The SMILES string of the molecule is CC1(C)c2ccccc2-c2ccc(CN=C(N)c3ccc4c(c3)C(C)(C)c3ccccc3-4)cc21. The summed E-state index contributed by atoms with van der Waals surface area (Å²) >= 11 is 0. The van der Waals surface area contributed by atoms with Crippen molar-refractivity contribution >= 4 is 5.84 Å². The molecule has 0 heterocycles. The van der Waals surface area contributed by atoms with Crippen molar-refractivity contribution in [3.8, 4) is 22.3 Å². The first-order valence-corrected chi connectivity index (χ1v) is 12.1. The molecule has 0 aliphatic heterocycles. The molecule has 0 atom stereocenters. The number of benzene rings is 4. The van der Waals surface area contributed by atoms with E-state index in [0.29, 0.717) is 12.4 Å². The number of hydrogen-bond acceptors (Lipinski definition) is 1. The average Bonchev–Trinajstić information content (AvgIpc) is 3.22. The summed E-state index contributed by atoms with van der Waals surface area (Å²) in [5, 5.41) is 0. The van der Waals surface area contributed by atoms with E-state index in [2.05, 4.69) is 113 Å². The summed E-state index contributed by atoms with van der Waals surface area (Å²) in [6.45, 7) is 9.77. The quantitative estimate of drug-likeness (QED) is 0.264. The third-order valence-corrected chi connectivity index (χ3v) is 7.96. The summed E-state index contributed by atoms with van der Waals surface area (Å²) in [5.41, 5.74) is 19.4. The van der Waals surface area contributed by atoms with Crippen molar-refractivity contribution in [1.29, 1.82) is 0 Å². The maximum atomic E-state index is 6.52. The largest absolute Gasteiger partial charge is 0.383 e. The van der Waals surface area contributed by atoms with E-state index in [1.54, 1.807) is 0 Å². The summed E-state index contributed by atoms with van der Waals surface area (Å²) < 4.78 is 0. The van der Waals surface area contributed by atoms with Gasteiger partial charge in [-0.2, -0.15) is 0 Å². The second-order valence-electron chi connectivity index (χ2n) is 10.7. The van der Waals surface area contributed by atoms with Crippen LogP contribution < -0.4 is 5.73 Å². The molecular weight excluding hydrogens is 412 g/mol. The predicted molar refractivity (Wildman–Crippen MR) is 142 cm³/mol. The molecule has 0 bridgehead atoms. The molecule has 2 aliphatic carbocycles. The van der Waals surface area contributed by atoms with Crippen molar-refractivity contribution in [3.63, 3.8) is 0 Å². The number of fused-ring (bicyclic) bond motifs is 6. The smallest absolute Gasteiger partial charge is 0.125 e. The Morgan fingerprint density at radius 3 is 1.74 bits per heavy atom. The molecule has 4 aromatic carbocycles. The van der Waals surface area contributed by atoms with Crippen LogP contribution in [0.2, 0.25) is 0 Å². The van der Waals surface area contributed by atoms with Gasteiger partial charge in [-0.05, 0) is 56.1 Å². The topological polar surface area (TPSA) is 38.4 Å². The van der Waals surface area contributed by atoms with Crippen molar-refractivity contribution in [1.82, 2.24) is 0 Å². The van der Waals surface area contributed by atoms with Crippen LogP contribution in [0.1, 0.15) is 61.1 Å². The normalized spacial score (nSPS) is 16.5. The second-order valence-corrected chi connectivity index (χ2v) is 10.7. The van der Waals surface area contributed by atoms with Gasteiger partial charge in [0.2, 0.25) is 0 Å². The van der Waals surface area contributed by atoms with Gasteiger partial charge in [-0.3, -0.25) is 4.99 Å². The van der Waals surface area contributed by atoms with Gasteiger partial charge in [0.05, 0.1) is 6.54 Å². The third kappa shape index (κ3) is 2.91. The summed E-state index contributed by atoms with van der Waals surface area (Å²) in [5.74, 6) is 0.595. The highest BCUT2D eigenvalue weighted by atomic mass is 14.8. The Morgan fingerprint density at radius 2 is 1.12 bits per heavy atom. The van der Waals surface area contributed by atoms with E-state index in [1.165, 1.54) is 50.1 Å². The molecule has 0 unspecified atom stereocenters. The van der Waals surface area contributed by atoms with Crippen molar-refractivity contribution in [2.24, 2.45) is 10.7 Å². The number of aliphatic imine (C=N–C) groups is 1. The lowest BCUT2D eigenvalue weighted by molar-refractivity contribution is 0.659. The van der Waals surface area contributed by atoms with E-state index in [0.717, 1.165) is 5.56 Å². The lowest BCUT2D eigenvalue weighted by Crippen LogP contribution is -2.18. The Labute approximate surface area is 202 Å². The summed E-state index contributed by atoms with van der Waals surface area (Å²) in [6.07, 6.45) is 0. The zero-order valence-electron chi connectivity index (χ0n) is 20.3. The minimum atomic E-state index is -0.0389. The van der Waals surface area contributed by atoms with Crippen LogP contribution in [0.3, 0.4) is 0 Å². The predicted octanol–water partition coefficient (Wildman–Crippen LogP) is 7.20. The molecule has 2 nitrogen and oxygen atoms in total. The lowest BCUT2D eigenvalue weighted by atomic mass is 9.82. The van der Waals surface area contributed by atoms with E-state index >= 15 is 0 Å².